The van der Waals surface area contributed by atoms with E-state index in [1.165, 1.54) is 6.42 Å². The van der Waals surface area contributed by atoms with E-state index in [1.807, 2.05) is 13.0 Å². The van der Waals surface area contributed by atoms with Crippen molar-refractivity contribution >= 4 is 11.8 Å². The second kappa shape index (κ2) is 5.12. The molecule has 5 nitrogen and oxygen atoms in total. The topological polar surface area (TPSA) is 73.1 Å². The van der Waals surface area contributed by atoms with Gasteiger partial charge in [0.1, 0.15) is 5.82 Å². The number of nitrogens with two attached hydrogens (primary N) is 1. The number of anilines is 2. The van der Waals surface area contributed by atoms with Gasteiger partial charge in [0.25, 0.3) is 0 Å². The van der Waals surface area contributed by atoms with Gasteiger partial charge in [-0.25, -0.2) is 4.98 Å². The monoisotopic (exact) mass is 222 g/mol. The molecular formula is C11H18N4O. The van der Waals surface area contributed by atoms with Crippen LogP contribution in [0.5, 0.6) is 0 Å². The zero-order valence-electron chi connectivity index (χ0n) is 9.57. The third-order valence-corrected chi connectivity index (χ3v) is 2.70. The van der Waals surface area contributed by atoms with Crippen molar-refractivity contribution in [3.8, 4) is 0 Å². The summed E-state index contributed by atoms with van der Waals surface area (Å²) >= 11 is 0. The lowest BCUT2D eigenvalue weighted by molar-refractivity contribution is 0.0595. The smallest absolute Gasteiger partial charge is 0.222 e. The lowest BCUT2D eigenvalue weighted by Crippen LogP contribution is -2.24. The number of hydrogen-bond donors (Lipinski definition) is 2. The van der Waals surface area contributed by atoms with Crippen LogP contribution in [0.3, 0.4) is 0 Å². The first kappa shape index (κ1) is 11.1. The number of aryl methyl sites for hydroxylation is 1. The maximum Gasteiger partial charge on any atom is 0.222 e. The van der Waals surface area contributed by atoms with Crippen LogP contribution in [-0.4, -0.2) is 29.7 Å². The van der Waals surface area contributed by atoms with Crippen molar-refractivity contribution < 1.29 is 4.74 Å². The highest BCUT2D eigenvalue weighted by Crippen LogP contribution is 2.15. The predicted octanol–water partition coefficient (Wildman–Crippen LogP) is 1.21. The Morgan fingerprint density at radius 3 is 3.12 bits per heavy atom. The molecule has 1 fully saturated rings. The van der Waals surface area contributed by atoms with E-state index in [-0.39, 0.29) is 0 Å². The van der Waals surface area contributed by atoms with E-state index in [0.717, 1.165) is 37.7 Å². The quantitative estimate of drug-likeness (QED) is 0.804. The minimum absolute atomic E-state index is 0.322. The van der Waals surface area contributed by atoms with Crippen molar-refractivity contribution in [2.24, 2.45) is 5.92 Å². The fourth-order valence-electron chi connectivity index (χ4n) is 1.90. The molecule has 0 aliphatic carbocycles. The van der Waals surface area contributed by atoms with Gasteiger partial charge in [0.2, 0.25) is 5.95 Å². The average molecular weight is 222 g/mol. The lowest BCUT2D eigenvalue weighted by Gasteiger charge is -2.22. The number of nitrogens with one attached hydrogen (secondary N) is 1. The Morgan fingerprint density at radius 2 is 2.44 bits per heavy atom. The van der Waals surface area contributed by atoms with Crippen LogP contribution >= 0.6 is 0 Å². The van der Waals surface area contributed by atoms with Crippen molar-refractivity contribution in [2.45, 2.75) is 19.8 Å². The first-order valence-electron chi connectivity index (χ1n) is 5.67. The summed E-state index contributed by atoms with van der Waals surface area (Å²) in [5, 5.41) is 3.28. The normalized spacial score (nSPS) is 20.7. The van der Waals surface area contributed by atoms with E-state index in [4.69, 9.17) is 10.5 Å². The van der Waals surface area contributed by atoms with Gasteiger partial charge < -0.3 is 15.8 Å². The van der Waals surface area contributed by atoms with Gasteiger partial charge in [-0.15, -0.1) is 0 Å². The summed E-state index contributed by atoms with van der Waals surface area (Å²) < 4.78 is 5.42. The van der Waals surface area contributed by atoms with Crippen molar-refractivity contribution in [1.29, 1.82) is 0 Å². The Hall–Kier alpha value is -1.36. The highest BCUT2D eigenvalue weighted by atomic mass is 16.5. The van der Waals surface area contributed by atoms with Gasteiger partial charge in [-0.05, 0) is 25.7 Å². The highest BCUT2D eigenvalue weighted by molar-refractivity contribution is 5.40. The van der Waals surface area contributed by atoms with Crippen LogP contribution in [0.25, 0.3) is 0 Å². The maximum atomic E-state index is 5.58. The van der Waals surface area contributed by atoms with Crippen LogP contribution < -0.4 is 11.1 Å². The molecular weight excluding hydrogens is 204 g/mol. The molecule has 5 heteroatoms. The molecule has 16 heavy (non-hydrogen) atoms. The number of aromatic nitrogens is 2. The highest BCUT2D eigenvalue weighted by Gasteiger charge is 2.13. The Labute approximate surface area is 95.4 Å². The van der Waals surface area contributed by atoms with Crippen LogP contribution in [0, 0.1) is 12.8 Å². The molecule has 1 aromatic rings. The predicted molar refractivity (Wildman–Crippen MR) is 63.2 cm³/mol. The van der Waals surface area contributed by atoms with Crippen LogP contribution in [0.15, 0.2) is 6.07 Å². The summed E-state index contributed by atoms with van der Waals surface area (Å²) in [7, 11) is 0. The van der Waals surface area contributed by atoms with E-state index in [0.29, 0.717) is 11.9 Å². The molecule has 0 saturated carbocycles. The van der Waals surface area contributed by atoms with Crippen molar-refractivity contribution in [3.63, 3.8) is 0 Å². The Morgan fingerprint density at radius 1 is 1.56 bits per heavy atom. The summed E-state index contributed by atoms with van der Waals surface area (Å²) in [5.41, 5.74) is 6.47. The number of nitrogen functional groups attached to an aromatic ring is 1. The Bertz CT molecular complexity index is 330. The van der Waals surface area contributed by atoms with E-state index >= 15 is 0 Å². The second-order valence-electron chi connectivity index (χ2n) is 4.22. The maximum absolute atomic E-state index is 5.58. The Balaban J connectivity index is 1.88. The molecule has 1 saturated heterocycles. The third-order valence-electron chi connectivity index (χ3n) is 2.70. The molecule has 0 aromatic carbocycles. The molecule has 0 bridgehead atoms. The number of nitrogens with zero attached hydrogens (tertiary/aromatic N) is 2. The summed E-state index contributed by atoms with van der Waals surface area (Å²) in [4.78, 5) is 8.16. The molecule has 1 atom stereocenters. The molecule has 88 valence electrons. The minimum atomic E-state index is 0.322. The molecule has 0 spiro atoms. The molecule has 0 radical (unpaired) electrons. The van der Waals surface area contributed by atoms with E-state index in [2.05, 4.69) is 15.3 Å². The molecule has 1 unspecified atom stereocenters. The van der Waals surface area contributed by atoms with Gasteiger partial charge in [-0.1, -0.05) is 0 Å². The molecule has 1 aliphatic rings. The standard InChI is InChI=1S/C11H18N4O/c1-8-5-10(15-11(12)14-8)13-6-9-3-2-4-16-7-9/h5,9H,2-4,6-7H2,1H3,(H3,12,13,14,15). The lowest BCUT2D eigenvalue weighted by atomic mass is 10.0. The summed E-state index contributed by atoms with van der Waals surface area (Å²) in [5.74, 6) is 1.70. The van der Waals surface area contributed by atoms with Crippen LogP contribution in [0.4, 0.5) is 11.8 Å². The van der Waals surface area contributed by atoms with Gasteiger partial charge in [0.15, 0.2) is 0 Å². The fourth-order valence-corrected chi connectivity index (χ4v) is 1.90. The number of hydrogen-bond acceptors (Lipinski definition) is 5. The summed E-state index contributed by atoms with van der Waals surface area (Å²) in [6.45, 7) is 4.53. The Kier molecular flexibility index (Phi) is 3.56. The molecule has 3 N–H and O–H groups in total. The first-order chi connectivity index (χ1) is 7.74. The van der Waals surface area contributed by atoms with Crippen LogP contribution in [0.1, 0.15) is 18.5 Å². The molecule has 1 aromatic heterocycles. The van der Waals surface area contributed by atoms with Gasteiger partial charge >= 0.3 is 0 Å². The van der Waals surface area contributed by atoms with Crippen molar-refractivity contribution in [1.82, 2.24) is 9.97 Å². The summed E-state index contributed by atoms with van der Waals surface area (Å²) in [6.07, 6.45) is 2.36. The molecule has 1 aliphatic heterocycles. The number of ether oxygens (including phenoxy) is 1. The fraction of sp³-hybridized carbons (Fsp3) is 0.636. The van der Waals surface area contributed by atoms with E-state index < -0.39 is 0 Å². The second-order valence-corrected chi connectivity index (χ2v) is 4.22. The third kappa shape index (κ3) is 3.06. The van der Waals surface area contributed by atoms with Gasteiger partial charge in [-0.2, -0.15) is 4.98 Å². The first-order valence-corrected chi connectivity index (χ1v) is 5.67. The SMILES string of the molecule is Cc1cc(NCC2CCCOC2)nc(N)n1. The van der Waals surface area contributed by atoms with E-state index in [1.54, 1.807) is 0 Å². The zero-order valence-corrected chi connectivity index (χ0v) is 9.57. The number of rotatable bonds is 3. The largest absolute Gasteiger partial charge is 0.381 e. The molecule has 2 heterocycles. The van der Waals surface area contributed by atoms with Crippen LogP contribution in [-0.2, 0) is 4.74 Å². The van der Waals surface area contributed by atoms with Crippen molar-refractivity contribution in [3.05, 3.63) is 11.8 Å². The molecule has 0 amide bonds. The van der Waals surface area contributed by atoms with Gasteiger partial charge in [-0.3, -0.25) is 0 Å². The zero-order chi connectivity index (χ0) is 11.4. The van der Waals surface area contributed by atoms with Gasteiger partial charge in [0.05, 0.1) is 6.61 Å². The minimum Gasteiger partial charge on any atom is -0.381 e. The van der Waals surface area contributed by atoms with E-state index in [9.17, 15) is 0 Å². The summed E-state index contributed by atoms with van der Waals surface area (Å²) in [6, 6.07) is 1.90. The molecule has 2 rings (SSSR count). The van der Waals surface area contributed by atoms with Gasteiger partial charge in [0, 0.05) is 24.9 Å². The van der Waals surface area contributed by atoms with Crippen LogP contribution in [0.2, 0.25) is 0 Å². The van der Waals surface area contributed by atoms with Crippen molar-refractivity contribution in [2.75, 3.05) is 30.8 Å². The average Bonchev–Trinajstić information content (AvgIpc) is 2.27.